The number of benzene rings is 2. The predicted molar refractivity (Wildman–Crippen MR) is 144 cm³/mol. The molecule has 2 aliphatic rings. The van der Waals surface area contributed by atoms with Crippen molar-refractivity contribution < 1.29 is 28.2 Å². The predicted octanol–water partition coefficient (Wildman–Crippen LogP) is 6.83. The lowest BCUT2D eigenvalue weighted by molar-refractivity contribution is -0.151. The highest BCUT2D eigenvalue weighted by Gasteiger charge is 2.43. The van der Waals surface area contributed by atoms with E-state index in [4.69, 9.17) is 9.47 Å². The molecule has 7 nitrogen and oxygen atoms in total. The van der Waals surface area contributed by atoms with Gasteiger partial charge in [0, 0.05) is 47.4 Å². The molecule has 0 spiro atoms. The van der Waals surface area contributed by atoms with Crippen LogP contribution in [0, 0.1) is 17.0 Å². The summed E-state index contributed by atoms with van der Waals surface area (Å²) in [5.41, 5.74) is 2.93. The van der Waals surface area contributed by atoms with Crippen molar-refractivity contribution in [2.45, 2.75) is 63.7 Å². The lowest BCUT2D eigenvalue weighted by Gasteiger charge is -2.37. The van der Waals surface area contributed by atoms with E-state index in [2.05, 4.69) is 14.8 Å². The molecule has 39 heavy (non-hydrogen) atoms. The first-order valence-corrected chi connectivity index (χ1v) is 13.7. The quantitative estimate of drug-likeness (QED) is 0.282. The van der Waals surface area contributed by atoms with Gasteiger partial charge in [0.25, 0.3) is 0 Å². The topological polar surface area (TPSA) is 89.4 Å². The molecule has 2 aromatic heterocycles. The van der Waals surface area contributed by atoms with Crippen molar-refractivity contribution in [1.29, 1.82) is 0 Å². The van der Waals surface area contributed by atoms with Crippen LogP contribution >= 0.6 is 0 Å². The first kappa shape index (κ1) is 25.8. The SMILES string of the molecule is CC[C@]1(C(=O)O)CC[C@H](c2c(C3CCOCC3)n(-c3ccc(F)c(OC)c3)c3cc4cn[nH]c4c(F)c32)CC1. The van der Waals surface area contributed by atoms with Crippen LogP contribution in [-0.4, -0.2) is 46.2 Å². The van der Waals surface area contributed by atoms with E-state index in [9.17, 15) is 14.3 Å². The van der Waals surface area contributed by atoms with Gasteiger partial charge in [-0.2, -0.15) is 5.10 Å². The van der Waals surface area contributed by atoms with E-state index in [1.54, 1.807) is 18.3 Å². The summed E-state index contributed by atoms with van der Waals surface area (Å²) >= 11 is 0. The molecular weight excluding hydrogens is 504 g/mol. The van der Waals surface area contributed by atoms with E-state index < -0.39 is 17.2 Å². The van der Waals surface area contributed by atoms with Gasteiger partial charge in [-0.3, -0.25) is 9.89 Å². The molecule has 0 atom stereocenters. The van der Waals surface area contributed by atoms with E-state index in [1.165, 1.54) is 13.2 Å². The van der Waals surface area contributed by atoms with Gasteiger partial charge in [-0.1, -0.05) is 6.92 Å². The van der Waals surface area contributed by atoms with Crippen LogP contribution in [0.15, 0.2) is 30.5 Å². The van der Waals surface area contributed by atoms with Gasteiger partial charge >= 0.3 is 5.97 Å². The Labute approximate surface area is 225 Å². The highest BCUT2D eigenvalue weighted by atomic mass is 19.1. The Morgan fingerprint density at radius 2 is 1.92 bits per heavy atom. The third-order valence-corrected chi connectivity index (χ3v) is 9.17. The minimum Gasteiger partial charge on any atom is -0.494 e. The zero-order valence-electron chi connectivity index (χ0n) is 22.2. The maximum absolute atomic E-state index is 16.5. The van der Waals surface area contributed by atoms with Gasteiger partial charge < -0.3 is 19.1 Å². The monoisotopic (exact) mass is 537 g/mol. The molecule has 1 aliphatic heterocycles. The van der Waals surface area contributed by atoms with Crippen LogP contribution in [0.2, 0.25) is 0 Å². The molecule has 2 aromatic carbocycles. The maximum Gasteiger partial charge on any atom is 0.309 e. The van der Waals surface area contributed by atoms with Gasteiger partial charge in [-0.15, -0.1) is 0 Å². The Morgan fingerprint density at radius 1 is 1.18 bits per heavy atom. The average Bonchev–Trinajstić information content (AvgIpc) is 3.57. The van der Waals surface area contributed by atoms with Crippen molar-refractivity contribution in [3.63, 3.8) is 0 Å². The summed E-state index contributed by atoms with van der Waals surface area (Å²) in [6.45, 7) is 3.15. The van der Waals surface area contributed by atoms with Gasteiger partial charge in [-0.05, 0) is 74.6 Å². The average molecular weight is 538 g/mol. The van der Waals surface area contributed by atoms with E-state index in [1.807, 2.05) is 13.0 Å². The Bertz CT molecular complexity index is 1550. The number of methoxy groups -OCH3 is 1. The van der Waals surface area contributed by atoms with Gasteiger partial charge in [0.2, 0.25) is 0 Å². The number of hydrogen-bond donors (Lipinski definition) is 2. The van der Waals surface area contributed by atoms with E-state index in [0.717, 1.165) is 24.1 Å². The number of ether oxygens (including phenoxy) is 2. The number of carboxylic acid groups (broad SMARTS) is 1. The Kier molecular flexibility index (Phi) is 6.57. The smallest absolute Gasteiger partial charge is 0.309 e. The lowest BCUT2D eigenvalue weighted by atomic mass is 9.67. The molecule has 2 fully saturated rings. The number of fused-ring (bicyclic) bond motifs is 2. The van der Waals surface area contributed by atoms with Crippen molar-refractivity contribution in [2.24, 2.45) is 5.41 Å². The van der Waals surface area contributed by atoms with Gasteiger partial charge in [0.15, 0.2) is 17.4 Å². The summed E-state index contributed by atoms with van der Waals surface area (Å²) in [6.07, 6.45) is 6.14. The van der Waals surface area contributed by atoms with Crippen LogP contribution in [-0.2, 0) is 9.53 Å². The second kappa shape index (κ2) is 9.93. The second-order valence-electron chi connectivity index (χ2n) is 11.0. The lowest BCUT2D eigenvalue weighted by Crippen LogP contribution is -2.34. The molecule has 0 amide bonds. The molecule has 6 rings (SSSR count). The fourth-order valence-corrected chi connectivity index (χ4v) is 6.88. The molecule has 3 heterocycles. The minimum atomic E-state index is -0.751. The van der Waals surface area contributed by atoms with Crippen LogP contribution < -0.4 is 4.74 Å². The molecule has 9 heteroatoms. The number of H-pyrrole nitrogens is 1. The van der Waals surface area contributed by atoms with E-state index in [-0.39, 0.29) is 23.4 Å². The number of aromatic amines is 1. The van der Waals surface area contributed by atoms with Crippen molar-refractivity contribution >= 4 is 27.8 Å². The summed E-state index contributed by atoms with van der Waals surface area (Å²) < 4.78 is 44.0. The van der Waals surface area contributed by atoms with Gasteiger partial charge in [0.1, 0.15) is 5.52 Å². The van der Waals surface area contributed by atoms with Crippen LogP contribution in [0.5, 0.6) is 5.75 Å². The zero-order valence-corrected chi connectivity index (χ0v) is 22.2. The Morgan fingerprint density at radius 3 is 2.59 bits per heavy atom. The van der Waals surface area contributed by atoms with E-state index >= 15 is 4.39 Å². The molecule has 1 aliphatic carbocycles. The summed E-state index contributed by atoms with van der Waals surface area (Å²) in [4.78, 5) is 12.2. The Hall–Kier alpha value is -3.46. The van der Waals surface area contributed by atoms with Crippen LogP contribution in [0.1, 0.15) is 75.0 Å². The van der Waals surface area contributed by atoms with Gasteiger partial charge in [0.05, 0.1) is 24.2 Å². The molecular formula is C30H33F2N3O4. The minimum absolute atomic E-state index is 0.0113. The summed E-state index contributed by atoms with van der Waals surface area (Å²) in [5.74, 6) is -1.37. The first-order chi connectivity index (χ1) is 18.9. The highest BCUT2D eigenvalue weighted by molar-refractivity contribution is 6.00. The van der Waals surface area contributed by atoms with Crippen molar-refractivity contribution in [3.05, 3.63) is 53.4 Å². The number of halogens is 2. The molecule has 4 aromatic rings. The molecule has 1 saturated carbocycles. The van der Waals surface area contributed by atoms with Crippen molar-refractivity contribution in [2.75, 3.05) is 20.3 Å². The molecule has 0 radical (unpaired) electrons. The van der Waals surface area contributed by atoms with Crippen LogP contribution in [0.25, 0.3) is 27.5 Å². The normalized spacial score (nSPS) is 22.5. The van der Waals surface area contributed by atoms with Crippen LogP contribution in [0.3, 0.4) is 0 Å². The number of nitrogens with one attached hydrogen (secondary N) is 1. The standard InChI is InChI=1S/C30H33F2N3O4/c1-3-30(29(36)37)10-6-17(7-11-30)24-25-22(14-19-16-33-34-27(19)26(25)32)35(28(24)18-8-12-39-13-9-18)20-4-5-21(31)23(15-20)38-2/h4-5,14-18H,3,6-13H2,1-2H3,(H,33,34)(H,36,37)/t17-,30-. The maximum atomic E-state index is 16.5. The number of aliphatic carboxylic acids is 1. The molecule has 0 unspecified atom stereocenters. The third-order valence-electron chi connectivity index (χ3n) is 9.17. The molecule has 1 saturated heterocycles. The third kappa shape index (κ3) is 4.09. The number of hydrogen-bond acceptors (Lipinski definition) is 4. The zero-order chi connectivity index (χ0) is 27.3. The summed E-state index contributed by atoms with van der Waals surface area (Å²) in [6, 6.07) is 6.68. The number of rotatable bonds is 6. The molecule has 0 bridgehead atoms. The Balaban J connectivity index is 1.64. The fraction of sp³-hybridized carbons (Fsp3) is 0.467. The summed E-state index contributed by atoms with van der Waals surface area (Å²) in [7, 11) is 1.43. The second-order valence-corrected chi connectivity index (χ2v) is 11.0. The first-order valence-electron chi connectivity index (χ1n) is 13.7. The van der Waals surface area contributed by atoms with Gasteiger partial charge in [-0.25, -0.2) is 8.78 Å². The number of aromatic nitrogens is 3. The van der Waals surface area contributed by atoms with Crippen LogP contribution in [0.4, 0.5) is 8.78 Å². The summed E-state index contributed by atoms with van der Waals surface area (Å²) in [5, 5.41) is 18.1. The highest BCUT2D eigenvalue weighted by Crippen LogP contribution is 2.51. The number of nitrogens with zero attached hydrogens (tertiary/aromatic N) is 2. The van der Waals surface area contributed by atoms with Crippen molar-refractivity contribution in [1.82, 2.24) is 14.8 Å². The van der Waals surface area contributed by atoms with Crippen molar-refractivity contribution in [3.8, 4) is 11.4 Å². The fourth-order valence-electron chi connectivity index (χ4n) is 6.88. The van der Waals surface area contributed by atoms with E-state index in [0.29, 0.717) is 72.8 Å². The largest absolute Gasteiger partial charge is 0.494 e. The molecule has 206 valence electrons. The molecule has 2 N–H and O–H groups in total. The number of carbonyl (C=O) groups is 1. The number of carboxylic acids is 1.